The van der Waals surface area contributed by atoms with Crippen LogP contribution in [0.3, 0.4) is 0 Å². The van der Waals surface area contributed by atoms with Gasteiger partial charge in [0.05, 0.1) is 24.1 Å². The average Bonchev–Trinajstić information content (AvgIpc) is 2.66. The molecular formula is C19H25N7O. The van der Waals surface area contributed by atoms with E-state index in [0.29, 0.717) is 35.1 Å². The zero-order valence-corrected chi connectivity index (χ0v) is 15.9. The van der Waals surface area contributed by atoms with E-state index in [1.54, 1.807) is 19.3 Å². The van der Waals surface area contributed by atoms with Crippen molar-refractivity contribution >= 4 is 35.0 Å². The Labute approximate surface area is 159 Å². The SMILES string of the molecule is CNC(=O)C1=Cc2ncc(NCCN(C)C)nc2N(c2ccccc2N)C1. The number of hydrogen-bond acceptors (Lipinski definition) is 7. The number of anilines is 4. The van der Waals surface area contributed by atoms with Crippen LogP contribution >= 0.6 is 0 Å². The van der Waals surface area contributed by atoms with Crippen molar-refractivity contribution in [3.05, 3.63) is 41.7 Å². The van der Waals surface area contributed by atoms with E-state index in [9.17, 15) is 4.79 Å². The van der Waals surface area contributed by atoms with Gasteiger partial charge in [0.15, 0.2) is 5.82 Å². The van der Waals surface area contributed by atoms with Gasteiger partial charge >= 0.3 is 0 Å². The Kier molecular flexibility index (Phi) is 5.56. The summed E-state index contributed by atoms with van der Waals surface area (Å²) in [6, 6.07) is 7.54. The van der Waals surface area contributed by atoms with Crippen LogP contribution in [0.15, 0.2) is 36.0 Å². The molecule has 8 nitrogen and oxygen atoms in total. The molecule has 0 unspecified atom stereocenters. The van der Waals surface area contributed by atoms with E-state index in [1.165, 1.54) is 0 Å². The van der Waals surface area contributed by atoms with Crippen LogP contribution in [0, 0.1) is 0 Å². The van der Waals surface area contributed by atoms with E-state index in [2.05, 4.69) is 20.5 Å². The highest BCUT2D eigenvalue weighted by atomic mass is 16.1. The largest absolute Gasteiger partial charge is 0.397 e. The second-order valence-corrected chi connectivity index (χ2v) is 6.59. The maximum absolute atomic E-state index is 12.2. The van der Waals surface area contributed by atoms with Gasteiger partial charge in [0.25, 0.3) is 0 Å². The molecule has 0 fully saturated rings. The second kappa shape index (κ2) is 8.05. The first-order chi connectivity index (χ1) is 13.0. The van der Waals surface area contributed by atoms with Crippen LogP contribution in [0.2, 0.25) is 0 Å². The molecule has 27 heavy (non-hydrogen) atoms. The number of carbonyl (C=O) groups excluding carboxylic acids is 1. The van der Waals surface area contributed by atoms with E-state index in [4.69, 9.17) is 10.7 Å². The summed E-state index contributed by atoms with van der Waals surface area (Å²) in [6.45, 7) is 2.01. The van der Waals surface area contributed by atoms with Crippen LogP contribution in [0.4, 0.5) is 23.0 Å². The number of para-hydroxylation sites is 2. The monoisotopic (exact) mass is 367 g/mol. The van der Waals surface area contributed by atoms with Crippen LogP contribution in [0.5, 0.6) is 0 Å². The molecule has 1 aliphatic heterocycles. The number of likely N-dealkylation sites (N-methyl/N-ethyl adjacent to an activating group) is 2. The quantitative estimate of drug-likeness (QED) is 0.662. The zero-order valence-electron chi connectivity index (χ0n) is 15.9. The van der Waals surface area contributed by atoms with Crippen LogP contribution < -0.4 is 21.3 Å². The van der Waals surface area contributed by atoms with Crippen LogP contribution in [0.1, 0.15) is 5.69 Å². The fraction of sp³-hybridized carbons (Fsp3) is 0.316. The summed E-state index contributed by atoms with van der Waals surface area (Å²) in [5, 5.41) is 5.96. The maximum atomic E-state index is 12.2. The first kappa shape index (κ1) is 18.7. The number of nitrogens with zero attached hydrogens (tertiary/aromatic N) is 4. The van der Waals surface area contributed by atoms with E-state index < -0.39 is 0 Å². The first-order valence-corrected chi connectivity index (χ1v) is 8.80. The summed E-state index contributed by atoms with van der Waals surface area (Å²) in [6.07, 6.45) is 3.46. The first-order valence-electron chi connectivity index (χ1n) is 8.80. The third-order valence-electron chi connectivity index (χ3n) is 4.29. The molecule has 0 saturated heterocycles. The Morgan fingerprint density at radius 1 is 1.33 bits per heavy atom. The minimum atomic E-state index is -0.143. The van der Waals surface area contributed by atoms with Gasteiger partial charge in [0, 0.05) is 25.7 Å². The Balaban J connectivity index is 1.99. The van der Waals surface area contributed by atoms with Gasteiger partial charge in [-0.2, -0.15) is 0 Å². The van der Waals surface area contributed by atoms with Gasteiger partial charge in [0.2, 0.25) is 5.91 Å². The van der Waals surface area contributed by atoms with Crippen molar-refractivity contribution in [1.29, 1.82) is 0 Å². The molecule has 0 radical (unpaired) electrons. The molecule has 3 rings (SSSR count). The smallest absolute Gasteiger partial charge is 0.248 e. The Hall–Kier alpha value is -3.13. The number of fused-ring (bicyclic) bond motifs is 1. The lowest BCUT2D eigenvalue weighted by atomic mass is 10.1. The van der Waals surface area contributed by atoms with E-state index in [1.807, 2.05) is 43.3 Å². The molecule has 0 spiro atoms. The Bertz CT molecular complexity index is 863. The van der Waals surface area contributed by atoms with Gasteiger partial charge in [-0.05, 0) is 32.3 Å². The number of nitrogens with one attached hydrogen (secondary N) is 2. The molecule has 142 valence electrons. The number of aromatic nitrogens is 2. The fourth-order valence-corrected chi connectivity index (χ4v) is 2.87. The second-order valence-electron chi connectivity index (χ2n) is 6.59. The minimum absolute atomic E-state index is 0.143. The summed E-state index contributed by atoms with van der Waals surface area (Å²) in [4.78, 5) is 25.5. The predicted molar refractivity (Wildman–Crippen MR) is 109 cm³/mol. The summed E-state index contributed by atoms with van der Waals surface area (Å²) in [5.74, 6) is 1.22. The lowest BCUT2D eigenvalue weighted by molar-refractivity contribution is -0.116. The molecule has 1 aliphatic rings. The molecule has 1 aromatic carbocycles. The summed E-state index contributed by atoms with van der Waals surface area (Å²) >= 11 is 0. The van der Waals surface area contributed by atoms with Gasteiger partial charge in [0.1, 0.15) is 11.5 Å². The Morgan fingerprint density at radius 2 is 2.11 bits per heavy atom. The topological polar surface area (TPSA) is 99.4 Å². The van der Waals surface area contributed by atoms with Crippen molar-refractivity contribution in [1.82, 2.24) is 20.2 Å². The number of nitrogen functional groups attached to an aromatic ring is 1. The van der Waals surface area contributed by atoms with Gasteiger partial charge in [-0.25, -0.2) is 9.97 Å². The van der Waals surface area contributed by atoms with E-state index >= 15 is 0 Å². The molecule has 4 N–H and O–H groups in total. The number of hydrogen-bond donors (Lipinski definition) is 3. The molecule has 2 heterocycles. The minimum Gasteiger partial charge on any atom is -0.397 e. The fourth-order valence-electron chi connectivity index (χ4n) is 2.87. The third kappa shape index (κ3) is 4.17. The zero-order chi connectivity index (χ0) is 19.4. The predicted octanol–water partition coefficient (Wildman–Crippen LogP) is 1.31. The highest BCUT2D eigenvalue weighted by Crippen LogP contribution is 2.35. The number of nitrogens with two attached hydrogens (primary N) is 1. The van der Waals surface area contributed by atoms with Crippen molar-refractivity contribution in [3.63, 3.8) is 0 Å². The van der Waals surface area contributed by atoms with Gasteiger partial charge < -0.3 is 26.2 Å². The molecule has 2 aromatic rings. The highest BCUT2D eigenvalue weighted by Gasteiger charge is 2.26. The lowest BCUT2D eigenvalue weighted by Gasteiger charge is -2.30. The lowest BCUT2D eigenvalue weighted by Crippen LogP contribution is -2.33. The van der Waals surface area contributed by atoms with Crippen LogP contribution in [-0.4, -0.2) is 61.6 Å². The molecule has 0 aliphatic carbocycles. The van der Waals surface area contributed by atoms with Crippen LogP contribution in [0.25, 0.3) is 6.08 Å². The summed E-state index contributed by atoms with van der Waals surface area (Å²) in [5.41, 5.74) is 8.85. The van der Waals surface area contributed by atoms with Crippen LogP contribution in [-0.2, 0) is 4.79 Å². The maximum Gasteiger partial charge on any atom is 0.248 e. The molecule has 1 amide bonds. The molecule has 0 saturated carbocycles. The van der Waals surface area contributed by atoms with Crippen molar-refractivity contribution in [2.45, 2.75) is 0 Å². The molecule has 8 heteroatoms. The number of carbonyl (C=O) groups is 1. The summed E-state index contributed by atoms with van der Waals surface area (Å²) < 4.78 is 0. The normalized spacial score (nSPS) is 13.2. The number of benzene rings is 1. The molecular weight excluding hydrogens is 342 g/mol. The van der Waals surface area contributed by atoms with E-state index in [-0.39, 0.29) is 5.91 Å². The summed E-state index contributed by atoms with van der Waals surface area (Å²) in [7, 11) is 5.65. The highest BCUT2D eigenvalue weighted by molar-refractivity contribution is 6.01. The van der Waals surface area contributed by atoms with Crippen molar-refractivity contribution in [2.24, 2.45) is 0 Å². The van der Waals surface area contributed by atoms with Crippen molar-refractivity contribution in [3.8, 4) is 0 Å². The average molecular weight is 367 g/mol. The molecule has 1 aromatic heterocycles. The van der Waals surface area contributed by atoms with Gasteiger partial charge in [-0.3, -0.25) is 4.79 Å². The third-order valence-corrected chi connectivity index (χ3v) is 4.29. The standard InChI is InChI=1S/C19H25N7O/c1-21-19(27)13-10-15-18(24-17(11-23-15)22-8-9-25(2)3)26(12-13)16-7-5-4-6-14(16)20/h4-7,10-11H,8-9,12,20H2,1-3H3,(H,21,27)(H,22,24). The Morgan fingerprint density at radius 3 is 2.81 bits per heavy atom. The van der Waals surface area contributed by atoms with Gasteiger partial charge in [-0.15, -0.1) is 0 Å². The van der Waals surface area contributed by atoms with Gasteiger partial charge in [-0.1, -0.05) is 12.1 Å². The van der Waals surface area contributed by atoms with Crippen molar-refractivity contribution in [2.75, 3.05) is 56.7 Å². The number of amides is 1. The number of rotatable bonds is 6. The molecule has 0 atom stereocenters. The van der Waals surface area contributed by atoms with E-state index in [0.717, 1.165) is 18.8 Å². The van der Waals surface area contributed by atoms with Crippen molar-refractivity contribution < 1.29 is 4.79 Å². The molecule has 0 bridgehead atoms.